The maximum atomic E-state index is 12.2. The van der Waals surface area contributed by atoms with Crippen molar-refractivity contribution in [3.8, 4) is 0 Å². The maximum absolute atomic E-state index is 12.2. The van der Waals surface area contributed by atoms with E-state index in [1.54, 1.807) is 30.3 Å². The SMILES string of the molecule is Cc1cccc(C(=O)Nc2ccc(N3CCCCS3(=O)=O)cc2)c1. The summed E-state index contributed by atoms with van der Waals surface area (Å²) >= 11 is 0. The molecular formula is C18H20N2O3S. The summed E-state index contributed by atoms with van der Waals surface area (Å²) < 4.78 is 25.7. The second-order valence-electron chi connectivity index (χ2n) is 5.97. The van der Waals surface area contributed by atoms with Gasteiger partial charge in [0.2, 0.25) is 10.0 Å². The van der Waals surface area contributed by atoms with Crippen molar-refractivity contribution < 1.29 is 13.2 Å². The number of rotatable bonds is 3. The van der Waals surface area contributed by atoms with Crippen molar-refractivity contribution in [3.05, 3.63) is 59.7 Å². The molecule has 1 amide bonds. The first-order chi connectivity index (χ1) is 11.5. The predicted octanol–water partition coefficient (Wildman–Crippen LogP) is 3.18. The summed E-state index contributed by atoms with van der Waals surface area (Å²) in [6, 6.07) is 14.3. The number of sulfonamides is 1. The highest BCUT2D eigenvalue weighted by Gasteiger charge is 2.25. The molecule has 0 unspecified atom stereocenters. The Bertz CT molecular complexity index is 845. The number of anilines is 2. The lowest BCUT2D eigenvalue weighted by Crippen LogP contribution is -2.37. The molecule has 1 aliphatic rings. The second kappa shape index (κ2) is 6.65. The molecule has 2 aromatic rings. The van der Waals surface area contributed by atoms with Gasteiger partial charge in [-0.3, -0.25) is 9.10 Å². The number of carbonyl (C=O) groups is 1. The fourth-order valence-corrected chi connectivity index (χ4v) is 4.42. The summed E-state index contributed by atoms with van der Waals surface area (Å²) in [4.78, 5) is 12.2. The lowest BCUT2D eigenvalue weighted by Gasteiger charge is -2.28. The lowest BCUT2D eigenvalue weighted by atomic mass is 10.1. The van der Waals surface area contributed by atoms with Gasteiger partial charge in [0.15, 0.2) is 0 Å². The van der Waals surface area contributed by atoms with Gasteiger partial charge in [0.25, 0.3) is 5.91 Å². The summed E-state index contributed by atoms with van der Waals surface area (Å²) in [5, 5.41) is 2.83. The van der Waals surface area contributed by atoms with E-state index in [-0.39, 0.29) is 11.7 Å². The molecule has 0 radical (unpaired) electrons. The molecule has 6 heteroatoms. The van der Waals surface area contributed by atoms with E-state index in [1.165, 1.54) is 4.31 Å². The standard InChI is InChI=1S/C18H20N2O3S/c1-14-5-4-6-15(13-14)18(21)19-16-7-9-17(10-8-16)20-11-2-3-12-24(20,22)23/h4-10,13H,2-3,11-12H2,1H3,(H,19,21). The van der Waals surface area contributed by atoms with Gasteiger partial charge in [-0.15, -0.1) is 0 Å². The van der Waals surface area contributed by atoms with Crippen LogP contribution in [0.2, 0.25) is 0 Å². The zero-order valence-electron chi connectivity index (χ0n) is 13.5. The highest BCUT2D eigenvalue weighted by Crippen LogP contribution is 2.25. The molecule has 3 rings (SSSR count). The van der Waals surface area contributed by atoms with Gasteiger partial charge in [-0.25, -0.2) is 8.42 Å². The average Bonchev–Trinajstić information content (AvgIpc) is 2.55. The van der Waals surface area contributed by atoms with E-state index < -0.39 is 10.0 Å². The molecule has 1 aliphatic heterocycles. The van der Waals surface area contributed by atoms with Gasteiger partial charge < -0.3 is 5.32 Å². The minimum atomic E-state index is -3.21. The maximum Gasteiger partial charge on any atom is 0.255 e. The number of benzene rings is 2. The molecule has 0 saturated carbocycles. The molecular weight excluding hydrogens is 324 g/mol. The lowest BCUT2D eigenvalue weighted by molar-refractivity contribution is 0.102. The number of nitrogens with zero attached hydrogens (tertiary/aromatic N) is 1. The normalized spacial score (nSPS) is 16.6. The molecule has 0 spiro atoms. The van der Waals surface area contributed by atoms with Crippen LogP contribution in [-0.2, 0) is 10.0 Å². The zero-order valence-corrected chi connectivity index (χ0v) is 14.3. The highest BCUT2D eigenvalue weighted by molar-refractivity contribution is 7.92. The quantitative estimate of drug-likeness (QED) is 0.930. The molecule has 126 valence electrons. The summed E-state index contributed by atoms with van der Waals surface area (Å²) in [6.45, 7) is 2.45. The zero-order chi connectivity index (χ0) is 17.2. The molecule has 0 atom stereocenters. The fourth-order valence-electron chi connectivity index (χ4n) is 2.78. The number of carbonyl (C=O) groups excluding carboxylic acids is 1. The third-order valence-corrected chi connectivity index (χ3v) is 5.91. The van der Waals surface area contributed by atoms with Crippen molar-refractivity contribution in [3.63, 3.8) is 0 Å². The highest BCUT2D eigenvalue weighted by atomic mass is 32.2. The van der Waals surface area contributed by atoms with Crippen LogP contribution < -0.4 is 9.62 Å². The predicted molar refractivity (Wildman–Crippen MR) is 95.9 cm³/mol. The molecule has 1 fully saturated rings. The van der Waals surface area contributed by atoms with E-state index in [0.717, 1.165) is 12.0 Å². The molecule has 0 bridgehead atoms. The van der Waals surface area contributed by atoms with Crippen LogP contribution in [0.25, 0.3) is 0 Å². The summed E-state index contributed by atoms with van der Waals surface area (Å²) in [6.07, 6.45) is 1.58. The van der Waals surface area contributed by atoms with Gasteiger partial charge in [-0.05, 0) is 56.2 Å². The van der Waals surface area contributed by atoms with Gasteiger partial charge >= 0.3 is 0 Å². The monoisotopic (exact) mass is 344 g/mol. The Balaban J connectivity index is 1.74. The summed E-state index contributed by atoms with van der Waals surface area (Å²) in [7, 11) is -3.21. The Kier molecular flexibility index (Phi) is 4.57. The van der Waals surface area contributed by atoms with Crippen LogP contribution >= 0.6 is 0 Å². The Labute approximate surface area is 142 Å². The van der Waals surface area contributed by atoms with Crippen molar-refractivity contribution >= 4 is 27.3 Å². The Morgan fingerprint density at radius 1 is 1.08 bits per heavy atom. The first-order valence-corrected chi connectivity index (χ1v) is 9.55. The molecule has 1 heterocycles. The molecule has 1 saturated heterocycles. The molecule has 5 nitrogen and oxygen atoms in total. The van der Waals surface area contributed by atoms with Crippen LogP contribution in [0.1, 0.15) is 28.8 Å². The molecule has 0 aromatic heterocycles. The third-order valence-electron chi connectivity index (χ3n) is 4.04. The average molecular weight is 344 g/mol. The molecule has 24 heavy (non-hydrogen) atoms. The number of amides is 1. The van der Waals surface area contributed by atoms with E-state index in [0.29, 0.717) is 29.9 Å². The number of aryl methyl sites for hydroxylation is 1. The Morgan fingerprint density at radius 3 is 2.50 bits per heavy atom. The Morgan fingerprint density at radius 2 is 1.83 bits per heavy atom. The van der Waals surface area contributed by atoms with Gasteiger partial charge in [-0.2, -0.15) is 0 Å². The molecule has 0 aliphatic carbocycles. The van der Waals surface area contributed by atoms with Crippen molar-refractivity contribution in [2.24, 2.45) is 0 Å². The number of hydrogen-bond acceptors (Lipinski definition) is 3. The minimum Gasteiger partial charge on any atom is -0.322 e. The van der Waals surface area contributed by atoms with Crippen molar-refractivity contribution in [2.45, 2.75) is 19.8 Å². The van der Waals surface area contributed by atoms with E-state index >= 15 is 0 Å². The number of nitrogens with one attached hydrogen (secondary N) is 1. The third kappa shape index (κ3) is 3.59. The first kappa shape index (κ1) is 16.5. The fraction of sp³-hybridized carbons (Fsp3) is 0.278. The summed E-state index contributed by atoms with van der Waals surface area (Å²) in [5.74, 6) is 0.0100. The topological polar surface area (TPSA) is 66.5 Å². The van der Waals surface area contributed by atoms with Crippen molar-refractivity contribution in [2.75, 3.05) is 21.9 Å². The molecule has 2 aromatic carbocycles. The van der Waals surface area contributed by atoms with Crippen LogP contribution in [0.3, 0.4) is 0 Å². The number of hydrogen-bond donors (Lipinski definition) is 1. The minimum absolute atomic E-state index is 0.183. The largest absolute Gasteiger partial charge is 0.322 e. The van der Waals surface area contributed by atoms with Crippen LogP contribution in [0, 0.1) is 6.92 Å². The van der Waals surface area contributed by atoms with Gasteiger partial charge in [0.1, 0.15) is 0 Å². The van der Waals surface area contributed by atoms with Crippen LogP contribution in [0.15, 0.2) is 48.5 Å². The van der Waals surface area contributed by atoms with Gasteiger partial charge in [0.05, 0.1) is 11.4 Å². The van der Waals surface area contributed by atoms with Gasteiger partial charge in [0, 0.05) is 17.8 Å². The van der Waals surface area contributed by atoms with Crippen molar-refractivity contribution in [1.82, 2.24) is 0 Å². The van der Waals surface area contributed by atoms with E-state index in [9.17, 15) is 13.2 Å². The first-order valence-electron chi connectivity index (χ1n) is 7.94. The second-order valence-corrected chi connectivity index (χ2v) is 7.98. The van der Waals surface area contributed by atoms with E-state index in [1.807, 2.05) is 25.1 Å². The van der Waals surface area contributed by atoms with Crippen LogP contribution in [0.4, 0.5) is 11.4 Å². The van der Waals surface area contributed by atoms with E-state index in [4.69, 9.17) is 0 Å². The van der Waals surface area contributed by atoms with Crippen LogP contribution in [-0.4, -0.2) is 26.6 Å². The van der Waals surface area contributed by atoms with Crippen molar-refractivity contribution in [1.29, 1.82) is 0 Å². The van der Waals surface area contributed by atoms with E-state index in [2.05, 4.69) is 5.32 Å². The Hall–Kier alpha value is -2.34. The smallest absolute Gasteiger partial charge is 0.255 e. The molecule has 1 N–H and O–H groups in total. The van der Waals surface area contributed by atoms with Gasteiger partial charge in [-0.1, -0.05) is 17.7 Å². The van der Waals surface area contributed by atoms with Crippen LogP contribution in [0.5, 0.6) is 0 Å². The summed E-state index contributed by atoms with van der Waals surface area (Å²) in [5.41, 5.74) is 2.90.